The third-order valence-corrected chi connectivity index (χ3v) is 4.06. The van der Waals surface area contributed by atoms with Crippen LogP contribution in [-0.2, 0) is 24.8 Å². The number of carboxylic acid groups (broad SMARTS) is 1. The minimum atomic E-state index is -0.651. The minimum absolute atomic E-state index is 0.175. The molecule has 0 spiro atoms. The summed E-state index contributed by atoms with van der Waals surface area (Å²) in [5.41, 5.74) is 2.42. The molecule has 5 heteroatoms. The fourth-order valence-corrected chi connectivity index (χ4v) is 2.91. The van der Waals surface area contributed by atoms with Gasteiger partial charge in [-0.15, -0.1) is 0 Å². The summed E-state index contributed by atoms with van der Waals surface area (Å²) in [6.45, 7) is 5.98. The largest absolute Gasteiger partial charge is 0.481 e. The molecule has 1 aromatic rings. The highest BCUT2D eigenvalue weighted by Crippen LogP contribution is 2.25. The quantitative estimate of drug-likeness (QED) is 0.899. The Labute approximate surface area is 114 Å². The number of aliphatic carboxylic acids is 1. The molecule has 2 rings (SSSR count). The minimum Gasteiger partial charge on any atom is -0.481 e. The Bertz CT molecular complexity index is 456. The lowest BCUT2D eigenvalue weighted by molar-refractivity contribution is -0.144. The molecule has 19 heavy (non-hydrogen) atoms. The SMILES string of the molecule is CCc1nn(C)cc1CN1CCC(C(=O)O)CC1C. The van der Waals surface area contributed by atoms with Gasteiger partial charge >= 0.3 is 5.97 Å². The second kappa shape index (κ2) is 5.74. The Morgan fingerprint density at radius 3 is 2.89 bits per heavy atom. The lowest BCUT2D eigenvalue weighted by atomic mass is 9.91. The van der Waals surface area contributed by atoms with Crippen molar-refractivity contribution < 1.29 is 9.90 Å². The third-order valence-electron chi connectivity index (χ3n) is 4.06. The predicted octanol–water partition coefficient (Wildman–Crippen LogP) is 1.67. The molecule has 0 bridgehead atoms. The predicted molar refractivity (Wildman–Crippen MR) is 72.8 cm³/mol. The molecule has 2 unspecified atom stereocenters. The van der Waals surface area contributed by atoms with E-state index in [1.165, 1.54) is 5.56 Å². The number of rotatable bonds is 4. The van der Waals surface area contributed by atoms with Crippen molar-refractivity contribution >= 4 is 5.97 Å². The topological polar surface area (TPSA) is 58.4 Å². The lowest BCUT2D eigenvalue weighted by Gasteiger charge is -2.36. The first-order chi connectivity index (χ1) is 9.01. The van der Waals surface area contributed by atoms with E-state index < -0.39 is 5.97 Å². The molecule has 1 fully saturated rings. The van der Waals surface area contributed by atoms with Gasteiger partial charge in [-0.05, 0) is 32.7 Å². The fourth-order valence-electron chi connectivity index (χ4n) is 2.91. The van der Waals surface area contributed by atoms with Gasteiger partial charge in [-0.3, -0.25) is 14.4 Å². The molecule has 0 radical (unpaired) electrons. The molecule has 1 aromatic heterocycles. The van der Waals surface area contributed by atoms with Crippen LogP contribution in [0.3, 0.4) is 0 Å². The van der Waals surface area contributed by atoms with Gasteiger partial charge in [0.2, 0.25) is 0 Å². The van der Waals surface area contributed by atoms with Crippen LogP contribution in [0, 0.1) is 5.92 Å². The van der Waals surface area contributed by atoms with Crippen molar-refractivity contribution in [3.8, 4) is 0 Å². The van der Waals surface area contributed by atoms with Crippen molar-refractivity contribution in [3.63, 3.8) is 0 Å². The highest BCUT2D eigenvalue weighted by molar-refractivity contribution is 5.70. The van der Waals surface area contributed by atoms with Crippen LogP contribution in [0.5, 0.6) is 0 Å². The smallest absolute Gasteiger partial charge is 0.306 e. The highest BCUT2D eigenvalue weighted by atomic mass is 16.4. The molecule has 0 saturated carbocycles. The average Bonchev–Trinajstić information content (AvgIpc) is 2.71. The summed E-state index contributed by atoms with van der Waals surface area (Å²) in [7, 11) is 1.95. The Hall–Kier alpha value is -1.36. The number of carbonyl (C=O) groups is 1. The first kappa shape index (κ1) is 14.1. The summed E-state index contributed by atoms with van der Waals surface area (Å²) in [6.07, 6.45) is 4.52. The van der Waals surface area contributed by atoms with Crippen LogP contribution in [0.2, 0.25) is 0 Å². The zero-order valence-corrected chi connectivity index (χ0v) is 12.0. The van der Waals surface area contributed by atoms with Gasteiger partial charge in [0.25, 0.3) is 0 Å². The van der Waals surface area contributed by atoms with E-state index in [9.17, 15) is 4.79 Å². The van der Waals surface area contributed by atoms with E-state index in [1.54, 1.807) is 0 Å². The van der Waals surface area contributed by atoms with Gasteiger partial charge < -0.3 is 5.11 Å². The van der Waals surface area contributed by atoms with Gasteiger partial charge in [-0.25, -0.2) is 0 Å². The number of hydrogen-bond donors (Lipinski definition) is 1. The molecule has 106 valence electrons. The molecule has 5 nitrogen and oxygen atoms in total. The summed E-state index contributed by atoms with van der Waals surface area (Å²) in [5.74, 6) is -0.826. The molecule has 2 heterocycles. The monoisotopic (exact) mass is 265 g/mol. The van der Waals surface area contributed by atoms with Crippen molar-refractivity contribution in [2.75, 3.05) is 6.54 Å². The van der Waals surface area contributed by atoms with E-state index in [2.05, 4.69) is 30.0 Å². The summed E-state index contributed by atoms with van der Waals surface area (Å²) < 4.78 is 1.86. The second-order valence-corrected chi connectivity index (χ2v) is 5.51. The van der Waals surface area contributed by atoms with Crippen LogP contribution in [0.15, 0.2) is 6.20 Å². The second-order valence-electron chi connectivity index (χ2n) is 5.51. The maximum absolute atomic E-state index is 11.0. The zero-order valence-electron chi connectivity index (χ0n) is 12.0. The molecule has 0 aromatic carbocycles. The first-order valence-electron chi connectivity index (χ1n) is 6.99. The van der Waals surface area contributed by atoms with Crippen molar-refractivity contribution in [3.05, 3.63) is 17.5 Å². The van der Waals surface area contributed by atoms with Crippen LogP contribution in [0.25, 0.3) is 0 Å². The van der Waals surface area contributed by atoms with E-state index in [0.717, 1.165) is 38.0 Å². The number of aryl methyl sites for hydroxylation is 2. The van der Waals surface area contributed by atoms with E-state index in [0.29, 0.717) is 6.04 Å². The van der Waals surface area contributed by atoms with Gasteiger partial charge in [-0.1, -0.05) is 6.92 Å². The van der Waals surface area contributed by atoms with Gasteiger partial charge in [0, 0.05) is 31.4 Å². The summed E-state index contributed by atoms with van der Waals surface area (Å²) >= 11 is 0. The highest BCUT2D eigenvalue weighted by Gasteiger charge is 2.30. The van der Waals surface area contributed by atoms with E-state index in [-0.39, 0.29) is 5.92 Å². The number of aromatic nitrogens is 2. The Morgan fingerprint density at radius 1 is 1.58 bits per heavy atom. The molecule has 1 N–H and O–H groups in total. The number of hydrogen-bond acceptors (Lipinski definition) is 3. The maximum atomic E-state index is 11.0. The molecule has 0 aliphatic carbocycles. The van der Waals surface area contributed by atoms with E-state index in [4.69, 9.17) is 5.11 Å². The van der Waals surface area contributed by atoms with Crippen LogP contribution in [0.1, 0.15) is 37.9 Å². The molecule has 1 aliphatic heterocycles. The van der Waals surface area contributed by atoms with Crippen molar-refractivity contribution in [2.24, 2.45) is 13.0 Å². The summed E-state index contributed by atoms with van der Waals surface area (Å²) in [5, 5.41) is 13.5. The maximum Gasteiger partial charge on any atom is 0.306 e. The summed E-state index contributed by atoms with van der Waals surface area (Å²) in [6, 6.07) is 0.319. The molecule has 0 amide bonds. The average molecular weight is 265 g/mol. The van der Waals surface area contributed by atoms with Gasteiger partial charge in [0.1, 0.15) is 0 Å². The Morgan fingerprint density at radius 2 is 2.32 bits per heavy atom. The number of carboxylic acids is 1. The molecular weight excluding hydrogens is 242 g/mol. The molecule has 2 atom stereocenters. The Kier molecular flexibility index (Phi) is 4.24. The van der Waals surface area contributed by atoms with Gasteiger partial charge in [0.05, 0.1) is 11.6 Å². The normalized spacial score (nSPS) is 24.6. The van der Waals surface area contributed by atoms with Crippen LogP contribution < -0.4 is 0 Å². The number of piperidine rings is 1. The van der Waals surface area contributed by atoms with E-state index in [1.807, 2.05) is 11.7 Å². The van der Waals surface area contributed by atoms with Crippen molar-refractivity contribution in [1.29, 1.82) is 0 Å². The lowest BCUT2D eigenvalue weighted by Crippen LogP contribution is -2.42. The summed E-state index contributed by atoms with van der Waals surface area (Å²) in [4.78, 5) is 13.4. The third kappa shape index (κ3) is 3.15. The molecular formula is C14H23N3O2. The standard InChI is InChI=1S/C14H23N3O2/c1-4-13-12(8-16(3)15-13)9-17-6-5-11(14(18)19)7-10(17)2/h8,10-11H,4-7,9H2,1-3H3,(H,18,19). The number of nitrogens with zero attached hydrogens (tertiary/aromatic N) is 3. The van der Waals surface area contributed by atoms with Crippen molar-refractivity contribution in [2.45, 2.75) is 45.7 Å². The van der Waals surface area contributed by atoms with E-state index >= 15 is 0 Å². The Balaban J connectivity index is 2.02. The van der Waals surface area contributed by atoms with Gasteiger partial charge in [-0.2, -0.15) is 5.10 Å². The first-order valence-corrected chi connectivity index (χ1v) is 6.99. The molecule has 1 saturated heterocycles. The van der Waals surface area contributed by atoms with Crippen LogP contribution >= 0.6 is 0 Å². The van der Waals surface area contributed by atoms with Gasteiger partial charge in [0.15, 0.2) is 0 Å². The number of likely N-dealkylation sites (tertiary alicyclic amines) is 1. The zero-order chi connectivity index (χ0) is 14.0. The van der Waals surface area contributed by atoms with Crippen LogP contribution in [-0.4, -0.2) is 38.3 Å². The fraction of sp³-hybridized carbons (Fsp3) is 0.714. The molecule has 1 aliphatic rings. The van der Waals surface area contributed by atoms with Crippen LogP contribution in [0.4, 0.5) is 0 Å². The van der Waals surface area contributed by atoms with Crippen molar-refractivity contribution in [1.82, 2.24) is 14.7 Å².